The van der Waals surface area contributed by atoms with Crippen molar-refractivity contribution >= 4 is 11.6 Å². The van der Waals surface area contributed by atoms with E-state index in [-0.39, 0.29) is 35.6 Å². The molecule has 0 aliphatic carbocycles. The van der Waals surface area contributed by atoms with Crippen molar-refractivity contribution in [3.05, 3.63) is 101 Å². The first kappa shape index (κ1) is 23.6. The monoisotopic (exact) mass is 478 g/mol. The number of benzene rings is 3. The zero-order valence-electron chi connectivity index (χ0n) is 19.5. The molecule has 2 aliphatic heterocycles. The first-order valence-electron chi connectivity index (χ1n) is 11.8. The maximum absolute atomic E-state index is 13.5. The maximum Gasteiger partial charge on any atom is 0.231 e. The van der Waals surface area contributed by atoms with Crippen LogP contribution in [0.1, 0.15) is 34.6 Å². The topological polar surface area (TPSA) is 61.8 Å². The number of nitrogens with one attached hydrogen (secondary N) is 1. The van der Waals surface area contributed by atoms with Crippen LogP contribution < -0.4 is 10.2 Å². The Morgan fingerprint density at radius 1 is 1.03 bits per heavy atom. The Balaban J connectivity index is 1.27. The summed E-state index contributed by atoms with van der Waals surface area (Å²) in [7, 11) is 1.78. The van der Waals surface area contributed by atoms with Crippen LogP contribution in [0.15, 0.2) is 66.7 Å². The number of aliphatic hydroxyl groups excluding tert-OH is 1. The van der Waals surface area contributed by atoms with E-state index in [1.54, 1.807) is 36.2 Å². The highest BCUT2D eigenvalue weighted by Crippen LogP contribution is 2.35. The second-order valence-electron chi connectivity index (χ2n) is 9.34. The number of aliphatic hydroxyl groups is 1. The third-order valence-electron chi connectivity index (χ3n) is 7.05. The Kier molecular flexibility index (Phi) is 6.65. The Labute approximate surface area is 203 Å². The highest BCUT2D eigenvalue weighted by atomic mass is 19.1. The highest BCUT2D eigenvalue weighted by molar-refractivity contribution is 6.00. The van der Waals surface area contributed by atoms with Crippen molar-refractivity contribution in [1.29, 1.82) is 0 Å². The van der Waals surface area contributed by atoms with E-state index < -0.39 is 6.10 Å². The minimum Gasteiger partial charge on any atom is -0.391 e. The van der Waals surface area contributed by atoms with E-state index in [1.807, 2.05) is 18.2 Å². The van der Waals surface area contributed by atoms with Crippen LogP contribution in [0.2, 0.25) is 0 Å². The van der Waals surface area contributed by atoms with E-state index in [4.69, 9.17) is 4.74 Å². The molecular formula is C28H28F2N2O3. The largest absolute Gasteiger partial charge is 0.391 e. The molecule has 0 aromatic heterocycles. The van der Waals surface area contributed by atoms with Crippen LogP contribution >= 0.6 is 0 Å². The summed E-state index contributed by atoms with van der Waals surface area (Å²) in [6, 6.07) is 18.1. The Morgan fingerprint density at radius 3 is 2.26 bits per heavy atom. The predicted molar refractivity (Wildman–Crippen MR) is 129 cm³/mol. The number of ether oxygens (including phenoxy) is 1. The summed E-state index contributed by atoms with van der Waals surface area (Å²) >= 11 is 0. The fourth-order valence-corrected chi connectivity index (χ4v) is 5.08. The first-order chi connectivity index (χ1) is 16.9. The number of nitrogens with zero attached hydrogens (tertiary/aromatic N) is 1. The minimum atomic E-state index is -0.653. The summed E-state index contributed by atoms with van der Waals surface area (Å²) in [5.41, 5.74) is 4.68. The predicted octanol–water partition coefficient (Wildman–Crippen LogP) is 3.92. The van der Waals surface area contributed by atoms with Gasteiger partial charge in [0, 0.05) is 31.6 Å². The first-order valence-corrected chi connectivity index (χ1v) is 11.8. The molecule has 3 aromatic rings. The minimum absolute atomic E-state index is 0.0871. The van der Waals surface area contributed by atoms with Gasteiger partial charge in [-0.05, 0) is 52.6 Å². The summed E-state index contributed by atoms with van der Waals surface area (Å²) in [6.45, 7) is 0.844. The van der Waals surface area contributed by atoms with Gasteiger partial charge in [0.1, 0.15) is 11.6 Å². The van der Waals surface area contributed by atoms with Crippen molar-refractivity contribution in [2.45, 2.75) is 43.6 Å². The van der Waals surface area contributed by atoms with E-state index in [9.17, 15) is 18.7 Å². The lowest BCUT2D eigenvalue weighted by atomic mass is 9.82. The van der Waals surface area contributed by atoms with Gasteiger partial charge in [0.15, 0.2) is 0 Å². The second kappa shape index (κ2) is 9.85. The molecule has 3 unspecified atom stereocenters. The number of rotatable bonds is 6. The van der Waals surface area contributed by atoms with Gasteiger partial charge in [-0.1, -0.05) is 36.4 Å². The average molecular weight is 479 g/mol. The molecule has 0 bridgehead atoms. The van der Waals surface area contributed by atoms with E-state index >= 15 is 0 Å². The molecule has 5 nitrogen and oxygen atoms in total. The molecule has 3 aromatic carbocycles. The van der Waals surface area contributed by atoms with Crippen molar-refractivity contribution in [1.82, 2.24) is 5.32 Å². The summed E-state index contributed by atoms with van der Waals surface area (Å²) in [5, 5.41) is 14.3. The van der Waals surface area contributed by atoms with E-state index in [0.29, 0.717) is 26.0 Å². The van der Waals surface area contributed by atoms with Gasteiger partial charge in [0.2, 0.25) is 5.91 Å². The molecule has 1 fully saturated rings. The highest BCUT2D eigenvalue weighted by Gasteiger charge is 2.35. The second-order valence-corrected chi connectivity index (χ2v) is 9.34. The number of likely N-dealkylation sites (N-methyl/N-ethyl adjacent to an activating group) is 1. The number of amides is 1. The van der Waals surface area contributed by atoms with Gasteiger partial charge in [-0.15, -0.1) is 0 Å². The van der Waals surface area contributed by atoms with Crippen LogP contribution in [0.4, 0.5) is 14.5 Å². The summed E-state index contributed by atoms with van der Waals surface area (Å²) in [4.78, 5) is 13.6. The van der Waals surface area contributed by atoms with E-state index in [2.05, 4.69) is 5.32 Å². The third-order valence-corrected chi connectivity index (χ3v) is 7.05. The van der Waals surface area contributed by atoms with E-state index in [1.165, 1.54) is 24.3 Å². The summed E-state index contributed by atoms with van der Waals surface area (Å²) < 4.78 is 33.3. The van der Waals surface area contributed by atoms with Crippen LogP contribution in [0.5, 0.6) is 0 Å². The van der Waals surface area contributed by atoms with Gasteiger partial charge in [-0.3, -0.25) is 4.79 Å². The number of anilines is 1. The Hall–Kier alpha value is -3.13. The number of halogens is 2. The van der Waals surface area contributed by atoms with Crippen LogP contribution in [-0.4, -0.2) is 42.9 Å². The molecule has 1 saturated heterocycles. The lowest BCUT2D eigenvalue weighted by Crippen LogP contribution is -2.50. The normalized spacial score (nSPS) is 22.0. The van der Waals surface area contributed by atoms with Gasteiger partial charge in [-0.2, -0.15) is 0 Å². The zero-order valence-corrected chi connectivity index (χ0v) is 19.5. The van der Waals surface area contributed by atoms with Crippen LogP contribution in [0, 0.1) is 11.6 Å². The lowest BCUT2D eigenvalue weighted by Gasteiger charge is -2.38. The molecule has 35 heavy (non-hydrogen) atoms. The van der Waals surface area contributed by atoms with Gasteiger partial charge in [0.25, 0.3) is 0 Å². The fourth-order valence-electron chi connectivity index (χ4n) is 5.08. The van der Waals surface area contributed by atoms with Crippen molar-refractivity contribution in [2.75, 3.05) is 18.6 Å². The SMILES string of the molecule is CN1C(=O)Cc2cc(CNC3COC(C(c4ccc(F)cc4)c4ccc(F)cc4)CC3O)ccc21. The fraction of sp³-hybridized carbons (Fsp3) is 0.321. The molecule has 7 heteroatoms. The molecule has 1 amide bonds. The molecule has 2 heterocycles. The van der Waals surface area contributed by atoms with Gasteiger partial charge in [-0.25, -0.2) is 8.78 Å². The molecule has 2 aliphatic rings. The number of hydrogen-bond donors (Lipinski definition) is 2. The smallest absolute Gasteiger partial charge is 0.231 e. The summed E-state index contributed by atoms with van der Waals surface area (Å²) in [5.74, 6) is -0.840. The van der Waals surface area contributed by atoms with Gasteiger partial charge >= 0.3 is 0 Å². The van der Waals surface area contributed by atoms with Crippen molar-refractivity contribution in [3.8, 4) is 0 Å². The molecule has 5 rings (SSSR count). The molecule has 182 valence electrons. The molecule has 0 saturated carbocycles. The van der Waals surface area contributed by atoms with E-state index in [0.717, 1.165) is 27.9 Å². The number of hydrogen-bond acceptors (Lipinski definition) is 4. The van der Waals surface area contributed by atoms with Crippen molar-refractivity contribution in [3.63, 3.8) is 0 Å². The molecule has 0 spiro atoms. The number of fused-ring (bicyclic) bond motifs is 1. The number of carbonyl (C=O) groups excluding carboxylic acids is 1. The van der Waals surface area contributed by atoms with Gasteiger partial charge < -0.3 is 20.1 Å². The molecule has 2 N–H and O–H groups in total. The Morgan fingerprint density at radius 2 is 1.66 bits per heavy atom. The quantitative estimate of drug-likeness (QED) is 0.564. The average Bonchev–Trinajstić information content (AvgIpc) is 3.14. The standard InChI is InChI=1S/C28H28F2N2O3/c1-32-24-11-2-17(12-20(24)13-27(32)34)15-31-23-16-35-26(14-25(23)33)28(18-3-7-21(29)8-4-18)19-5-9-22(30)10-6-19/h2-12,23,25-26,28,31,33H,13-16H2,1H3. The maximum atomic E-state index is 13.5. The lowest BCUT2D eigenvalue weighted by molar-refractivity contribution is -0.117. The molecular weight excluding hydrogens is 450 g/mol. The third kappa shape index (κ3) is 4.98. The van der Waals surface area contributed by atoms with Crippen LogP contribution in [-0.2, 0) is 22.5 Å². The zero-order chi connectivity index (χ0) is 24.5. The van der Waals surface area contributed by atoms with Gasteiger partial charge in [0.05, 0.1) is 31.3 Å². The van der Waals surface area contributed by atoms with Crippen molar-refractivity contribution < 1.29 is 23.4 Å². The molecule has 0 radical (unpaired) electrons. The number of carbonyl (C=O) groups is 1. The van der Waals surface area contributed by atoms with Crippen LogP contribution in [0.3, 0.4) is 0 Å². The van der Waals surface area contributed by atoms with Crippen molar-refractivity contribution in [2.24, 2.45) is 0 Å². The Bertz CT molecular complexity index is 1150. The summed E-state index contributed by atoms with van der Waals surface area (Å²) in [6.07, 6.45) is -0.217. The molecule has 3 atom stereocenters. The van der Waals surface area contributed by atoms with Crippen LogP contribution in [0.25, 0.3) is 0 Å².